The highest BCUT2D eigenvalue weighted by Gasteiger charge is 2.26. The standard InChI is InChI=1S/C13H20N2O/c1-10-6-11(8-14-7-10)9-15-12-4-3-5-13(12)16-2/h6-8,12-13,15H,3-5,9H2,1-2H3. The molecule has 1 heterocycles. The maximum atomic E-state index is 5.46. The molecule has 3 nitrogen and oxygen atoms in total. The van der Waals surface area contributed by atoms with Gasteiger partial charge in [0.25, 0.3) is 0 Å². The molecule has 2 unspecified atom stereocenters. The van der Waals surface area contributed by atoms with Crippen LogP contribution in [0.4, 0.5) is 0 Å². The van der Waals surface area contributed by atoms with Crippen molar-refractivity contribution >= 4 is 0 Å². The zero-order valence-corrected chi connectivity index (χ0v) is 10.1. The number of hydrogen-bond donors (Lipinski definition) is 1. The summed E-state index contributed by atoms with van der Waals surface area (Å²) in [7, 11) is 1.80. The van der Waals surface area contributed by atoms with Crippen molar-refractivity contribution in [3.63, 3.8) is 0 Å². The Balaban J connectivity index is 1.87. The molecule has 0 spiro atoms. The number of aryl methyl sites for hydroxylation is 1. The van der Waals surface area contributed by atoms with Gasteiger partial charge in [0.1, 0.15) is 0 Å². The van der Waals surface area contributed by atoms with Gasteiger partial charge < -0.3 is 10.1 Å². The average molecular weight is 220 g/mol. The van der Waals surface area contributed by atoms with Gasteiger partial charge in [-0.05, 0) is 37.3 Å². The highest BCUT2D eigenvalue weighted by Crippen LogP contribution is 2.21. The van der Waals surface area contributed by atoms with Crippen molar-refractivity contribution in [1.82, 2.24) is 10.3 Å². The Hall–Kier alpha value is -0.930. The lowest BCUT2D eigenvalue weighted by molar-refractivity contribution is 0.0847. The van der Waals surface area contributed by atoms with Crippen LogP contribution in [0.1, 0.15) is 30.4 Å². The second-order valence-corrected chi connectivity index (χ2v) is 4.56. The number of hydrogen-bond acceptors (Lipinski definition) is 3. The van der Waals surface area contributed by atoms with Crippen molar-refractivity contribution in [2.24, 2.45) is 0 Å². The van der Waals surface area contributed by atoms with Crippen LogP contribution in [0.2, 0.25) is 0 Å². The molecule has 16 heavy (non-hydrogen) atoms. The average Bonchev–Trinajstić information content (AvgIpc) is 2.74. The molecule has 1 aliphatic rings. The second kappa shape index (κ2) is 5.41. The molecule has 0 saturated heterocycles. The number of pyridine rings is 1. The zero-order chi connectivity index (χ0) is 11.4. The maximum absolute atomic E-state index is 5.46. The van der Waals surface area contributed by atoms with Crippen molar-refractivity contribution in [2.75, 3.05) is 7.11 Å². The number of nitrogens with one attached hydrogen (secondary N) is 1. The molecule has 0 aliphatic heterocycles. The first-order chi connectivity index (χ1) is 7.79. The predicted molar refractivity (Wildman–Crippen MR) is 64.2 cm³/mol. The number of nitrogens with zero attached hydrogens (tertiary/aromatic N) is 1. The van der Waals surface area contributed by atoms with Gasteiger partial charge in [-0.15, -0.1) is 0 Å². The summed E-state index contributed by atoms with van der Waals surface area (Å²) in [6, 6.07) is 2.68. The van der Waals surface area contributed by atoms with Gasteiger partial charge in [0.2, 0.25) is 0 Å². The minimum absolute atomic E-state index is 0.387. The summed E-state index contributed by atoms with van der Waals surface area (Å²) in [5.74, 6) is 0. The van der Waals surface area contributed by atoms with Crippen LogP contribution in [0, 0.1) is 6.92 Å². The van der Waals surface area contributed by atoms with E-state index in [1.165, 1.54) is 30.4 Å². The molecule has 1 saturated carbocycles. The van der Waals surface area contributed by atoms with E-state index in [0.717, 1.165) is 6.54 Å². The highest BCUT2D eigenvalue weighted by molar-refractivity contribution is 5.16. The summed E-state index contributed by atoms with van der Waals surface area (Å²) in [5.41, 5.74) is 2.47. The highest BCUT2D eigenvalue weighted by atomic mass is 16.5. The fraction of sp³-hybridized carbons (Fsp3) is 0.615. The Morgan fingerprint density at radius 3 is 3.06 bits per heavy atom. The fourth-order valence-electron chi connectivity index (χ4n) is 2.40. The Morgan fingerprint density at radius 2 is 2.31 bits per heavy atom. The van der Waals surface area contributed by atoms with Gasteiger partial charge in [-0.1, -0.05) is 6.07 Å². The fourth-order valence-corrected chi connectivity index (χ4v) is 2.40. The van der Waals surface area contributed by atoms with Crippen LogP contribution in [0.15, 0.2) is 18.5 Å². The summed E-state index contributed by atoms with van der Waals surface area (Å²) >= 11 is 0. The Kier molecular flexibility index (Phi) is 3.91. The third kappa shape index (κ3) is 2.80. The normalized spacial score (nSPS) is 24.9. The zero-order valence-electron chi connectivity index (χ0n) is 10.1. The van der Waals surface area contributed by atoms with E-state index in [1.54, 1.807) is 7.11 Å². The number of aromatic nitrogens is 1. The van der Waals surface area contributed by atoms with E-state index >= 15 is 0 Å². The van der Waals surface area contributed by atoms with Gasteiger partial charge >= 0.3 is 0 Å². The summed E-state index contributed by atoms with van der Waals surface area (Å²) in [5, 5.41) is 3.56. The number of methoxy groups -OCH3 is 1. The van der Waals surface area contributed by atoms with Gasteiger partial charge in [-0.2, -0.15) is 0 Å². The van der Waals surface area contributed by atoms with Crippen molar-refractivity contribution in [3.05, 3.63) is 29.6 Å². The van der Waals surface area contributed by atoms with Gasteiger partial charge in [0.05, 0.1) is 6.10 Å². The molecule has 1 aromatic heterocycles. The van der Waals surface area contributed by atoms with E-state index in [0.29, 0.717) is 12.1 Å². The first kappa shape index (κ1) is 11.6. The molecular weight excluding hydrogens is 200 g/mol. The van der Waals surface area contributed by atoms with Gasteiger partial charge in [0.15, 0.2) is 0 Å². The van der Waals surface area contributed by atoms with E-state index in [9.17, 15) is 0 Å². The Morgan fingerprint density at radius 1 is 1.44 bits per heavy atom. The molecule has 1 N–H and O–H groups in total. The van der Waals surface area contributed by atoms with Crippen molar-refractivity contribution in [3.8, 4) is 0 Å². The second-order valence-electron chi connectivity index (χ2n) is 4.56. The quantitative estimate of drug-likeness (QED) is 0.843. The number of rotatable bonds is 4. The van der Waals surface area contributed by atoms with Crippen LogP contribution in [-0.4, -0.2) is 24.2 Å². The topological polar surface area (TPSA) is 34.1 Å². The summed E-state index contributed by atoms with van der Waals surface area (Å²) < 4.78 is 5.46. The molecule has 3 heteroatoms. The molecule has 88 valence electrons. The number of ether oxygens (including phenoxy) is 1. The lowest BCUT2D eigenvalue weighted by Gasteiger charge is -2.19. The molecule has 2 rings (SSSR count). The lowest BCUT2D eigenvalue weighted by Crippen LogP contribution is -2.36. The lowest BCUT2D eigenvalue weighted by atomic mass is 10.2. The Labute approximate surface area is 97.2 Å². The molecule has 0 bridgehead atoms. The van der Waals surface area contributed by atoms with E-state index < -0.39 is 0 Å². The van der Waals surface area contributed by atoms with Crippen LogP contribution in [0.3, 0.4) is 0 Å². The van der Waals surface area contributed by atoms with E-state index in [4.69, 9.17) is 4.74 Å². The molecule has 2 atom stereocenters. The SMILES string of the molecule is COC1CCCC1NCc1cncc(C)c1. The van der Waals surface area contributed by atoms with Crippen molar-refractivity contribution < 1.29 is 4.74 Å². The summed E-state index contributed by atoms with van der Waals surface area (Å²) in [6.45, 7) is 2.96. The van der Waals surface area contributed by atoms with Crippen LogP contribution < -0.4 is 5.32 Å². The largest absolute Gasteiger partial charge is 0.380 e. The molecule has 0 aromatic carbocycles. The molecule has 1 fully saturated rings. The monoisotopic (exact) mass is 220 g/mol. The maximum Gasteiger partial charge on any atom is 0.0724 e. The van der Waals surface area contributed by atoms with Crippen LogP contribution in [-0.2, 0) is 11.3 Å². The minimum Gasteiger partial charge on any atom is -0.380 e. The van der Waals surface area contributed by atoms with E-state index in [2.05, 4.69) is 23.3 Å². The first-order valence-corrected chi connectivity index (χ1v) is 5.96. The van der Waals surface area contributed by atoms with E-state index in [-0.39, 0.29) is 0 Å². The van der Waals surface area contributed by atoms with Crippen LogP contribution in [0.25, 0.3) is 0 Å². The molecule has 0 radical (unpaired) electrons. The minimum atomic E-state index is 0.387. The molecular formula is C13H20N2O. The molecule has 1 aliphatic carbocycles. The first-order valence-electron chi connectivity index (χ1n) is 5.96. The van der Waals surface area contributed by atoms with Gasteiger partial charge in [0, 0.05) is 32.1 Å². The third-order valence-electron chi connectivity index (χ3n) is 3.26. The van der Waals surface area contributed by atoms with Crippen molar-refractivity contribution in [1.29, 1.82) is 0 Å². The third-order valence-corrected chi connectivity index (χ3v) is 3.26. The van der Waals surface area contributed by atoms with Gasteiger partial charge in [-0.3, -0.25) is 4.98 Å². The summed E-state index contributed by atoms with van der Waals surface area (Å²) in [4.78, 5) is 4.20. The predicted octanol–water partition coefficient (Wildman–Crippen LogP) is 2.05. The van der Waals surface area contributed by atoms with Crippen LogP contribution in [0.5, 0.6) is 0 Å². The molecule has 0 amide bonds. The Bertz CT molecular complexity index is 340. The smallest absolute Gasteiger partial charge is 0.0724 e. The van der Waals surface area contributed by atoms with Crippen LogP contribution >= 0.6 is 0 Å². The van der Waals surface area contributed by atoms with E-state index in [1.807, 2.05) is 12.4 Å². The molecule has 1 aromatic rings. The van der Waals surface area contributed by atoms with Crippen molar-refractivity contribution in [2.45, 2.75) is 44.9 Å². The van der Waals surface area contributed by atoms with Gasteiger partial charge in [-0.25, -0.2) is 0 Å². The summed E-state index contributed by atoms with van der Waals surface area (Å²) in [6.07, 6.45) is 7.87.